The quantitative estimate of drug-likeness (QED) is 0.364. The second-order valence-electron chi connectivity index (χ2n) is 3.12. The predicted molar refractivity (Wildman–Crippen MR) is 60.0 cm³/mol. The minimum absolute atomic E-state index is 0.850. The molecule has 0 spiro atoms. The van der Waals surface area contributed by atoms with E-state index in [1.54, 1.807) is 0 Å². The van der Waals surface area contributed by atoms with E-state index in [1.807, 2.05) is 0 Å². The summed E-state index contributed by atoms with van der Waals surface area (Å²) in [5, 5.41) is 0. The molecule has 0 aromatic carbocycles. The van der Waals surface area contributed by atoms with Crippen molar-refractivity contribution in [3.05, 3.63) is 12.2 Å². The second-order valence-corrected chi connectivity index (χ2v) is 3.49. The zero-order valence-corrected chi connectivity index (χ0v) is 9.19. The Labute approximate surface area is 82.2 Å². The van der Waals surface area contributed by atoms with Crippen molar-refractivity contribution in [2.45, 2.75) is 26.2 Å². The van der Waals surface area contributed by atoms with Crippen LogP contribution in [-0.2, 0) is 0 Å². The maximum atomic E-state index is 4.10. The van der Waals surface area contributed by atoms with Crippen LogP contribution in [0.5, 0.6) is 0 Å². The van der Waals surface area contributed by atoms with Crippen molar-refractivity contribution in [2.24, 2.45) is 0 Å². The van der Waals surface area contributed by atoms with Gasteiger partial charge in [0, 0.05) is 12.3 Å². The van der Waals surface area contributed by atoms with Crippen LogP contribution in [0.4, 0.5) is 0 Å². The highest BCUT2D eigenvalue weighted by Gasteiger charge is 1.93. The van der Waals surface area contributed by atoms with E-state index < -0.39 is 0 Å². The van der Waals surface area contributed by atoms with Crippen molar-refractivity contribution in [3.8, 4) is 0 Å². The Balaban J connectivity index is 3.21. The van der Waals surface area contributed by atoms with Gasteiger partial charge in [-0.05, 0) is 20.0 Å². The molecule has 0 unspecified atom stereocenters. The SMILES string of the molecule is CCCCCN(C)CC=CCS. The lowest BCUT2D eigenvalue weighted by molar-refractivity contribution is 0.358. The minimum Gasteiger partial charge on any atom is -0.303 e. The van der Waals surface area contributed by atoms with E-state index in [0.29, 0.717) is 0 Å². The third kappa shape index (κ3) is 8.15. The average molecular weight is 187 g/mol. The first-order chi connectivity index (χ1) is 5.81. The molecule has 0 aliphatic rings. The molecule has 0 rings (SSSR count). The van der Waals surface area contributed by atoms with Crippen molar-refractivity contribution in [1.29, 1.82) is 0 Å². The van der Waals surface area contributed by atoms with E-state index in [-0.39, 0.29) is 0 Å². The van der Waals surface area contributed by atoms with Crippen LogP contribution in [-0.4, -0.2) is 30.8 Å². The zero-order valence-electron chi connectivity index (χ0n) is 8.29. The first kappa shape index (κ1) is 12.0. The third-order valence-electron chi connectivity index (χ3n) is 1.83. The summed E-state index contributed by atoms with van der Waals surface area (Å²) in [6, 6.07) is 0. The summed E-state index contributed by atoms with van der Waals surface area (Å²) < 4.78 is 0. The van der Waals surface area contributed by atoms with Crippen LogP contribution in [0.2, 0.25) is 0 Å². The number of thiol groups is 1. The Morgan fingerprint density at radius 2 is 2.00 bits per heavy atom. The monoisotopic (exact) mass is 187 g/mol. The largest absolute Gasteiger partial charge is 0.303 e. The Bertz CT molecular complexity index is 112. The molecule has 72 valence electrons. The van der Waals surface area contributed by atoms with Gasteiger partial charge in [0.15, 0.2) is 0 Å². The van der Waals surface area contributed by atoms with Crippen LogP contribution in [0.25, 0.3) is 0 Å². The standard InChI is InChI=1S/C10H21NS/c1-3-4-5-8-11(2)9-6-7-10-12/h6-7,12H,3-5,8-10H2,1-2H3. The summed E-state index contributed by atoms with van der Waals surface area (Å²) in [7, 11) is 2.17. The Hall–Kier alpha value is 0.0500. The van der Waals surface area contributed by atoms with Crippen molar-refractivity contribution in [3.63, 3.8) is 0 Å². The topological polar surface area (TPSA) is 3.24 Å². The van der Waals surface area contributed by atoms with Crippen molar-refractivity contribution in [2.75, 3.05) is 25.9 Å². The number of hydrogen-bond acceptors (Lipinski definition) is 2. The van der Waals surface area contributed by atoms with Gasteiger partial charge in [0.25, 0.3) is 0 Å². The smallest absolute Gasteiger partial charge is 0.0160 e. The van der Waals surface area contributed by atoms with Gasteiger partial charge in [-0.3, -0.25) is 0 Å². The lowest BCUT2D eigenvalue weighted by Crippen LogP contribution is -2.19. The van der Waals surface area contributed by atoms with Gasteiger partial charge in [0.1, 0.15) is 0 Å². The van der Waals surface area contributed by atoms with Crippen LogP contribution >= 0.6 is 12.6 Å². The first-order valence-electron chi connectivity index (χ1n) is 4.75. The summed E-state index contributed by atoms with van der Waals surface area (Å²) in [5.74, 6) is 0.850. The van der Waals surface area contributed by atoms with E-state index in [4.69, 9.17) is 0 Å². The molecular formula is C10H21NS. The van der Waals surface area contributed by atoms with Gasteiger partial charge in [-0.25, -0.2) is 0 Å². The molecule has 1 nitrogen and oxygen atoms in total. The molecule has 0 aromatic heterocycles. The molecule has 0 amide bonds. The van der Waals surface area contributed by atoms with Crippen molar-refractivity contribution < 1.29 is 0 Å². The molecule has 0 saturated carbocycles. The molecule has 12 heavy (non-hydrogen) atoms. The summed E-state index contributed by atoms with van der Waals surface area (Å²) >= 11 is 4.10. The van der Waals surface area contributed by atoms with Crippen LogP contribution in [0.15, 0.2) is 12.2 Å². The number of unbranched alkanes of at least 4 members (excludes halogenated alkanes) is 2. The lowest BCUT2D eigenvalue weighted by atomic mass is 10.2. The molecule has 0 aliphatic heterocycles. The lowest BCUT2D eigenvalue weighted by Gasteiger charge is -2.13. The van der Waals surface area contributed by atoms with Gasteiger partial charge in [-0.2, -0.15) is 12.6 Å². The Morgan fingerprint density at radius 1 is 1.25 bits per heavy atom. The maximum Gasteiger partial charge on any atom is 0.0160 e. The Kier molecular flexibility index (Phi) is 9.18. The van der Waals surface area contributed by atoms with Crippen LogP contribution in [0.1, 0.15) is 26.2 Å². The molecule has 0 radical (unpaired) electrons. The van der Waals surface area contributed by atoms with E-state index >= 15 is 0 Å². The van der Waals surface area contributed by atoms with Gasteiger partial charge < -0.3 is 4.90 Å². The zero-order chi connectivity index (χ0) is 9.23. The van der Waals surface area contributed by atoms with E-state index in [0.717, 1.165) is 12.3 Å². The van der Waals surface area contributed by atoms with Crippen molar-refractivity contribution >= 4 is 12.6 Å². The molecule has 0 N–H and O–H groups in total. The first-order valence-corrected chi connectivity index (χ1v) is 5.39. The van der Waals surface area contributed by atoms with Gasteiger partial charge in [-0.15, -0.1) is 0 Å². The van der Waals surface area contributed by atoms with Gasteiger partial charge >= 0.3 is 0 Å². The summed E-state index contributed by atoms with van der Waals surface area (Å²) in [4.78, 5) is 2.34. The molecule has 2 heteroatoms. The number of likely N-dealkylation sites (N-methyl/N-ethyl adjacent to an activating group) is 1. The fraction of sp³-hybridized carbons (Fsp3) is 0.800. The highest BCUT2D eigenvalue weighted by Crippen LogP contribution is 1.96. The second kappa shape index (κ2) is 9.14. The highest BCUT2D eigenvalue weighted by molar-refractivity contribution is 7.80. The molecular weight excluding hydrogens is 166 g/mol. The number of rotatable bonds is 7. The molecule has 0 aromatic rings. The summed E-state index contributed by atoms with van der Waals surface area (Å²) in [5.41, 5.74) is 0. The van der Waals surface area contributed by atoms with E-state index in [9.17, 15) is 0 Å². The van der Waals surface area contributed by atoms with E-state index in [2.05, 4.69) is 43.7 Å². The van der Waals surface area contributed by atoms with Gasteiger partial charge in [0.05, 0.1) is 0 Å². The molecule has 0 aliphatic carbocycles. The number of hydrogen-bond donors (Lipinski definition) is 1. The fourth-order valence-corrected chi connectivity index (χ4v) is 1.20. The van der Waals surface area contributed by atoms with Crippen molar-refractivity contribution in [1.82, 2.24) is 4.90 Å². The normalized spacial score (nSPS) is 11.7. The molecule has 0 fully saturated rings. The van der Waals surface area contributed by atoms with Gasteiger partial charge in [0.2, 0.25) is 0 Å². The fourth-order valence-electron chi connectivity index (χ4n) is 1.05. The molecule has 0 atom stereocenters. The van der Waals surface area contributed by atoms with Crippen LogP contribution < -0.4 is 0 Å². The summed E-state index contributed by atoms with van der Waals surface area (Å²) in [6.45, 7) is 4.51. The van der Waals surface area contributed by atoms with E-state index in [1.165, 1.54) is 25.8 Å². The Morgan fingerprint density at radius 3 is 2.58 bits per heavy atom. The molecule has 0 heterocycles. The maximum absolute atomic E-state index is 4.10. The summed E-state index contributed by atoms with van der Waals surface area (Å²) in [6.07, 6.45) is 8.25. The van der Waals surface area contributed by atoms with Crippen LogP contribution in [0, 0.1) is 0 Å². The number of nitrogens with zero attached hydrogens (tertiary/aromatic N) is 1. The van der Waals surface area contributed by atoms with Crippen LogP contribution in [0.3, 0.4) is 0 Å². The molecule has 0 saturated heterocycles. The molecule has 0 bridgehead atoms. The average Bonchev–Trinajstić information content (AvgIpc) is 2.06. The predicted octanol–water partition coefficient (Wildman–Crippen LogP) is 2.59. The highest BCUT2D eigenvalue weighted by atomic mass is 32.1. The van der Waals surface area contributed by atoms with Gasteiger partial charge in [-0.1, -0.05) is 31.9 Å². The third-order valence-corrected chi connectivity index (χ3v) is 2.04. The minimum atomic E-state index is 0.850.